The minimum atomic E-state index is -0.424. The molecule has 0 bridgehead atoms. The summed E-state index contributed by atoms with van der Waals surface area (Å²) in [5.74, 6) is 0.323. The quantitative estimate of drug-likeness (QED) is 0.633. The molecule has 0 unspecified atom stereocenters. The topological polar surface area (TPSA) is 88.4 Å². The maximum Gasteiger partial charge on any atom is 0.274 e. The Hall–Kier alpha value is -2.67. The molecular weight excluding hydrogens is 356 g/mol. The van der Waals surface area contributed by atoms with E-state index < -0.39 is 4.92 Å². The summed E-state index contributed by atoms with van der Waals surface area (Å²) in [5, 5.41) is 14.4. The molecule has 2 heterocycles. The first-order chi connectivity index (χ1) is 12.6. The number of nitro groups is 1. The normalized spacial score (nSPS) is 14.1. The van der Waals surface area contributed by atoms with Gasteiger partial charge >= 0.3 is 0 Å². The number of nitrogens with one attached hydrogen (secondary N) is 1. The second-order valence-electron chi connectivity index (χ2n) is 6.15. The molecule has 136 valence electrons. The highest BCUT2D eigenvalue weighted by molar-refractivity contribution is 6.33. The third kappa shape index (κ3) is 4.11. The van der Waals surface area contributed by atoms with Crippen LogP contribution in [-0.2, 0) is 6.54 Å². The van der Waals surface area contributed by atoms with Gasteiger partial charge in [0.15, 0.2) is 0 Å². The van der Waals surface area contributed by atoms with Crippen molar-refractivity contribution in [3.63, 3.8) is 0 Å². The van der Waals surface area contributed by atoms with Crippen molar-refractivity contribution in [2.24, 2.45) is 0 Å². The average molecular weight is 375 g/mol. The first-order valence-corrected chi connectivity index (χ1v) is 8.85. The predicted octanol–water partition coefficient (Wildman–Crippen LogP) is 3.88. The summed E-state index contributed by atoms with van der Waals surface area (Å²) >= 11 is 6.25. The average Bonchev–Trinajstić information content (AvgIpc) is 2.67. The number of hydrogen-bond donors (Lipinski definition) is 1. The smallest absolute Gasteiger partial charge is 0.274 e. The molecule has 1 aromatic heterocycles. The molecule has 0 radical (unpaired) electrons. The van der Waals surface area contributed by atoms with Crippen molar-refractivity contribution in [3.8, 4) is 0 Å². The molecule has 1 N–H and O–H groups in total. The molecule has 2 aromatic rings. The molecule has 1 fully saturated rings. The van der Waals surface area contributed by atoms with Crippen LogP contribution in [0, 0.1) is 10.1 Å². The van der Waals surface area contributed by atoms with E-state index in [4.69, 9.17) is 11.6 Å². The van der Waals surface area contributed by atoms with Gasteiger partial charge in [-0.05, 0) is 25.3 Å². The maximum atomic E-state index is 12.5. The molecule has 1 saturated heterocycles. The Labute approximate surface area is 156 Å². The van der Waals surface area contributed by atoms with Crippen LogP contribution in [0.1, 0.15) is 35.2 Å². The maximum absolute atomic E-state index is 12.5. The summed E-state index contributed by atoms with van der Waals surface area (Å²) in [6.07, 6.45) is 4.67. The van der Waals surface area contributed by atoms with Crippen LogP contribution < -0.4 is 5.32 Å². The lowest BCUT2D eigenvalue weighted by Gasteiger charge is -2.26. The van der Waals surface area contributed by atoms with Gasteiger partial charge in [-0.25, -0.2) is 4.98 Å². The summed E-state index contributed by atoms with van der Waals surface area (Å²) in [7, 11) is 0. The largest absolute Gasteiger partial charge is 0.364 e. The molecule has 1 aromatic carbocycles. The van der Waals surface area contributed by atoms with Crippen LogP contribution in [0.3, 0.4) is 0 Å². The molecule has 3 rings (SSSR count). The number of halogens is 1. The van der Waals surface area contributed by atoms with E-state index in [9.17, 15) is 14.9 Å². The molecule has 0 saturated carbocycles. The van der Waals surface area contributed by atoms with Crippen LogP contribution in [0.5, 0.6) is 0 Å². The van der Waals surface area contributed by atoms with Crippen molar-refractivity contribution in [3.05, 3.63) is 62.8 Å². The summed E-state index contributed by atoms with van der Waals surface area (Å²) < 4.78 is 0. The van der Waals surface area contributed by atoms with Gasteiger partial charge in [-0.2, -0.15) is 0 Å². The second-order valence-corrected chi connectivity index (χ2v) is 6.55. The number of carbonyl (C=O) groups excluding carboxylic acids is 1. The van der Waals surface area contributed by atoms with Crippen molar-refractivity contribution >= 4 is 29.0 Å². The highest BCUT2D eigenvalue weighted by Crippen LogP contribution is 2.24. The van der Waals surface area contributed by atoms with Crippen LogP contribution in [0.2, 0.25) is 5.02 Å². The monoisotopic (exact) mass is 374 g/mol. The van der Waals surface area contributed by atoms with Crippen molar-refractivity contribution in [1.82, 2.24) is 9.88 Å². The Balaban J connectivity index is 1.70. The zero-order valence-electron chi connectivity index (χ0n) is 14.2. The van der Waals surface area contributed by atoms with E-state index in [1.54, 1.807) is 24.3 Å². The van der Waals surface area contributed by atoms with E-state index in [1.807, 2.05) is 4.90 Å². The minimum absolute atomic E-state index is 0.0352. The number of carbonyl (C=O) groups is 1. The molecule has 1 aliphatic rings. The molecule has 0 atom stereocenters. The van der Waals surface area contributed by atoms with Gasteiger partial charge in [-0.1, -0.05) is 29.8 Å². The van der Waals surface area contributed by atoms with Gasteiger partial charge in [-0.3, -0.25) is 14.9 Å². The van der Waals surface area contributed by atoms with Gasteiger partial charge in [0.2, 0.25) is 0 Å². The van der Waals surface area contributed by atoms with Gasteiger partial charge in [0.1, 0.15) is 5.82 Å². The molecular formula is C18H19ClN4O3. The van der Waals surface area contributed by atoms with Crippen molar-refractivity contribution < 1.29 is 9.72 Å². The van der Waals surface area contributed by atoms with Crippen LogP contribution in [0.25, 0.3) is 0 Å². The molecule has 0 spiro atoms. The Bertz CT molecular complexity index is 822. The van der Waals surface area contributed by atoms with Crippen LogP contribution in [-0.4, -0.2) is 33.8 Å². The number of amides is 1. The number of piperidine rings is 1. The zero-order valence-corrected chi connectivity index (χ0v) is 14.9. The Morgan fingerprint density at radius 2 is 2.00 bits per heavy atom. The number of aromatic nitrogens is 1. The van der Waals surface area contributed by atoms with Crippen LogP contribution in [0.4, 0.5) is 11.5 Å². The number of hydrogen-bond acceptors (Lipinski definition) is 5. The lowest BCUT2D eigenvalue weighted by atomic mass is 10.1. The fourth-order valence-electron chi connectivity index (χ4n) is 2.98. The van der Waals surface area contributed by atoms with Gasteiger partial charge < -0.3 is 10.2 Å². The number of benzene rings is 1. The number of likely N-dealkylation sites (tertiary alicyclic amines) is 1. The van der Waals surface area contributed by atoms with Crippen LogP contribution in [0.15, 0.2) is 36.5 Å². The van der Waals surface area contributed by atoms with E-state index in [0.29, 0.717) is 22.0 Å². The molecule has 8 heteroatoms. The molecule has 0 aliphatic carbocycles. The highest BCUT2D eigenvalue weighted by Gasteiger charge is 2.19. The van der Waals surface area contributed by atoms with Crippen molar-refractivity contribution in [2.45, 2.75) is 25.8 Å². The van der Waals surface area contributed by atoms with E-state index in [0.717, 1.165) is 32.4 Å². The fourth-order valence-corrected chi connectivity index (χ4v) is 3.22. The number of pyridine rings is 1. The van der Waals surface area contributed by atoms with Crippen molar-refractivity contribution in [2.75, 3.05) is 18.4 Å². The van der Waals surface area contributed by atoms with Gasteiger partial charge in [0.25, 0.3) is 11.6 Å². The van der Waals surface area contributed by atoms with E-state index >= 15 is 0 Å². The number of rotatable bonds is 5. The Morgan fingerprint density at radius 3 is 2.69 bits per heavy atom. The lowest BCUT2D eigenvalue weighted by molar-refractivity contribution is -0.385. The number of nitro benzene ring substituents is 1. The third-order valence-electron chi connectivity index (χ3n) is 4.37. The lowest BCUT2D eigenvalue weighted by Crippen LogP contribution is -2.35. The summed E-state index contributed by atoms with van der Waals surface area (Å²) in [6, 6.07) is 8.07. The summed E-state index contributed by atoms with van der Waals surface area (Å²) in [4.78, 5) is 29.2. The van der Waals surface area contributed by atoms with Gasteiger partial charge in [-0.15, -0.1) is 0 Å². The number of anilines is 1. The standard InChI is InChI=1S/C18H19ClN4O3/c19-15-10-14(18(24)22-8-4-1-5-9-22)12-21-17(15)20-11-13-6-2-3-7-16(13)23(25)26/h2-3,6-7,10,12H,1,4-5,8-9,11H2,(H,20,21). The Kier molecular flexibility index (Phi) is 5.68. The fraction of sp³-hybridized carbons (Fsp3) is 0.333. The summed E-state index contributed by atoms with van der Waals surface area (Å²) in [5.41, 5.74) is 1.02. The van der Waals surface area contributed by atoms with E-state index in [2.05, 4.69) is 10.3 Å². The number of nitrogens with zero attached hydrogens (tertiary/aromatic N) is 3. The SMILES string of the molecule is O=C(c1cnc(NCc2ccccc2[N+](=O)[O-])c(Cl)c1)N1CCCCC1. The first-order valence-electron chi connectivity index (χ1n) is 8.47. The minimum Gasteiger partial charge on any atom is -0.364 e. The van der Waals surface area contributed by atoms with E-state index in [1.165, 1.54) is 12.3 Å². The van der Waals surface area contributed by atoms with Gasteiger partial charge in [0, 0.05) is 37.5 Å². The predicted molar refractivity (Wildman–Crippen MR) is 99.4 cm³/mol. The zero-order chi connectivity index (χ0) is 18.5. The van der Waals surface area contributed by atoms with E-state index in [-0.39, 0.29) is 18.1 Å². The Morgan fingerprint density at radius 1 is 1.27 bits per heavy atom. The molecule has 7 nitrogen and oxygen atoms in total. The first kappa shape index (κ1) is 18.1. The second kappa shape index (κ2) is 8.14. The van der Waals surface area contributed by atoms with Crippen LogP contribution >= 0.6 is 11.6 Å². The van der Waals surface area contributed by atoms with Gasteiger partial charge in [0.05, 0.1) is 15.5 Å². The number of para-hydroxylation sites is 1. The molecule has 26 heavy (non-hydrogen) atoms. The molecule has 1 amide bonds. The third-order valence-corrected chi connectivity index (χ3v) is 4.65. The summed E-state index contributed by atoms with van der Waals surface area (Å²) in [6.45, 7) is 1.73. The van der Waals surface area contributed by atoms with Crippen molar-refractivity contribution in [1.29, 1.82) is 0 Å². The molecule has 1 aliphatic heterocycles. The highest BCUT2D eigenvalue weighted by atomic mass is 35.5.